The van der Waals surface area contributed by atoms with Crippen LogP contribution in [-0.4, -0.2) is 24.9 Å². The fraction of sp³-hybridized carbons (Fsp3) is 0.800. The lowest BCUT2D eigenvalue weighted by Crippen LogP contribution is -2.36. The Labute approximate surface area is 56.6 Å². The molecule has 1 amide bonds. The van der Waals surface area contributed by atoms with Gasteiger partial charge in [-0.05, 0) is 0 Å². The molecule has 0 aromatic rings. The third-order valence-electron chi connectivity index (χ3n) is 1.61. The maximum absolute atomic E-state index is 12.5. The molecule has 58 valence electrons. The van der Waals surface area contributed by atoms with Crippen molar-refractivity contribution >= 4 is 5.91 Å². The molecule has 1 aliphatic heterocycles. The van der Waals surface area contributed by atoms with Gasteiger partial charge in [0.2, 0.25) is 0 Å². The van der Waals surface area contributed by atoms with Crippen LogP contribution in [0.15, 0.2) is 0 Å². The molecule has 1 heterocycles. The minimum atomic E-state index is -3.26. The van der Waals surface area contributed by atoms with E-state index in [1.165, 1.54) is 0 Å². The topological polar surface area (TPSA) is 55.1 Å². The molecule has 0 aromatic carbocycles. The summed E-state index contributed by atoms with van der Waals surface area (Å²) in [6, 6.07) is 0. The Morgan fingerprint density at radius 3 is 2.60 bits per heavy atom. The minimum absolute atomic E-state index is 0.0116. The molecule has 0 aromatic heterocycles. The molecule has 1 aliphatic rings. The first-order valence-corrected chi connectivity index (χ1v) is 2.95. The predicted octanol–water partition coefficient (Wildman–Crippen LogP) is -0.674. The van der Waals surface area contributed by atoms with Crippen molar-refractivity contribution in [3.63, 3.8) is 0 Å². The van der Waals surface area contributed by atoms with E-state index in [0.717, 1.165) is 0 Å². The lowest BCUT2D eigenvalue weighted by atomic mass is 10.1. The summed E-state index contributed by atoms with van der Waals surface area (Å²) in [5, 5.41) is 2.04. The number of rotatable bonds is 1. The van der Waals surface area contributed by atoms with Gasteiger partial charge in [-0.25, -0.2) is 0 Å². The summed E-state index contributed by atoms with van der Waals surface area (Å²) in [6.07, 6.45) is 0. The molecular weight excluding hydrogens is 142 g/mol. The molecular formula is C5H8F2N2O. The van der Waals surface area contributed by atoms with E-state index >= 15 is 0 Å². The molecule has 3 nitrogen and oxygen atoms in total. The van der Waals surface area contributed by atoms with Crippen molar-refractivity contribution in [3.05, 3.63) is 0 Å². The van der Waals surface area contributed by atoms with Crippen LogP contribution in [0.2, 0.25) is 0 Å². The monoisotopic (exact) mass is 150 g/mol. The van der Waals surface area contributed by atoms with Crippen LogP contribution in [0.4, 0.5) is 8.78 Å². The number of nitrogens with two attached hydrogens (primary N) is 1. The molecule has 0 saturated carbocycles. The van der Waals surface area contributed by atoms with E-state index in [2.05, 4.69) is 0 Å². The fourth-order valence-electron chi connectivity index (χ4n) is 0.879. The average Bonchev–Trinajstić information content (AvgIpc) is 2.10. The molecule has 0 aliphatic carbocycles. The Bertz CT molecular complexity index is 160. The number of nitrogens with one attached hydrogen (secondary N) is 1. The van der Waals surface area contributed by atoms with Gasteiger partial charge in [0.05, 0.1) is 5.92 Å². The number of hydrogen-bond acceptors (Lipinski definition) is 2. The van der Waals surface area contributed by atoms with Gasteiger partial charge in [-0.2, -0.15) is 8.78 Å². The molecule has 3 N–H and O–H groups in total. The van der Waals surface area contributed by atoms with Crippen LogP contribution in [0.25, 0.3) is 0 Å². The van der Waals surface area contributed by atoms with Crippen molar-refractivity contribution in [2.24, 2.45) is 11.7 Å². The molecule has 5 heteroatoms. The number of alkyl halides is 2. The normalized spacial score (nSPS) is 30.3. The van der Waals surface area contributed by atoms with Gasteiger partial charge < -0.3 is 11.1 Å². The Morgan fingerprint density at radius 1 is 1.80 bits per heavy atom. The molecule has 1 rings (SSSR count). The molecule has 1 atom stereocenters. The van der Waals surface area contributed by atoms with E-state index < -0.39 is 17.7 Å². The van der Waals surface area contributed by atoms with Crippen LogP contribution in [0, 0.1) is 5.92 Å². The van der Waals surface area contributed by atoms with E-state index in [9.17, 15) is 13.6 Å². The third kappa shape index (κ3) is 0.862. The van der Waals surface area contributed by atoms with Crippen LogP contribution < -0.4 is 11.1 Å². The molecule has 0 unspecified atom stereocenters. The van der Waals surface area contributed by atoms with E-state index in [1.807, 2.05) is 5.32 Å². The smallest absolute Gasteiger partial charge is 0.330 e. The van der Waals surface area contributed by atoms with Gasteiger partial charge in [-0.15, -0.1) is 0 Å². The van der Waals surface area contributed by atoms with E-state index in [-0.39, 0.29) is 13.1 Å². The lowest BCUT2D eigenvalue weighted by molar-refractivity contribution is -0.143. The number of halogens is 2. The van der Waals surface area contributed by atoms with E-state index in [4.69, 9.17) is 5.73 Å². The maximum Gasteiger partial charge on any atom is 0.330 e. The van der Waals surface area contributed by atoms with Crippen LogP contribution >= 0.6 is 0 Å². The van der Waals surface area contributed by atoms with Crippen molar-refractivity contribution in [2.45, 2.75) is 5.92 Å². The van der Waals surface area contributed by atoms with Gasteiger partial charge in [0, 0.05) is 13.1 Å². The van der Waals surface area contributed by atoms with E-state index in [0.29, 0.717) is 0 Å². The number of hydrogen-bond donors (Lipinski definition) is 2. The minimum Gasteiger partial charge on any atom is -0.350 e. The van der Waals surface area contributed by atoms with Crippen molar-refractivity contribution in [1.29, 1.82) is 0 Å². The van der Waals surface area contributed by atoms with Crippen LogP contribution in [-0.2, 0) is 4.79 Å². The summed E-state index contributed by atoms with van der Waals surface area (Å²) in [4.78, 5) is 10.3. The number of amides is 1. The summed E-state index contributed by atoms with van der Waals surface area (Å²) < 4.78 is 25.0. The first-order valence-electron chi connectivity index (χ1n) is 2.95. The summed E-state index contributed by atoms with van der Waals surface area (Å²) in [6.45, 7) is -0.173. The lowest BCUT2D eigenvalue weighted by Gasteiger charge is -2.11. The average molecular weight is 150 g/mol. The molecule has 0 radical (unpaired) electrons. The second kappa shape index (κ2) is 2.16. The van der Waals surface area contributed by atoms with Gasteiger partial charge >= 0.3 is 5.92 Å². The summed E-state index contributed by atoms with van der Waals surface area (Å²) >= 11 is 0. The first-order chi connectivity index (χ1) is 4.59. The highest BCUT2D eigenvalue weighted by molar-refractivity contribution is 5.86. The Morgan fingerprint density at radius 2 is 2.40 bits per heavy atom. The van der Waals surface area contributed by atoms with Crippen LogP contribution in [0.3, 0.4) is 0 Å². The zero-order chi connectivity index (χ0) is 7.78. The Hall–Kier alpha value is -0.710. The van der Waals surface area contributed by atoms with Gasteiger partial charge in [-0.3, -0.25) is 4.79 Å². The van der Waals surface area contributed by atoms with Crippen LogP contribution in [0.5, 0.6) is 0 Å². The molecule has 0 bridgehead atoms. The molecule has 10 heavy (non-hydrogen) atoms. The summed E-state index contributed by atoms with van der Waals surface area (Å²) in [5.41, 5.74) is 5.00. The maximum atomic E-state index is 12.5. The van der Waals surface area contributed by atoms with Crippen molar-refractivity contribution in [1.82, 2.24) is 5.32 Å². The standard InChI is InChI=1S/C5H8F2N2O/c6-5(7)3(1-8)2-9-4(5)10/h3H,1-2,8H2,(H,9,10)/t3-/m0/s1. The first kappa shape index (κ1) is 7.40. The highest BCUT2D eigenvalue weighted by Crippen LogP contribution is 2.27. The zero-order valence-corrected chi connectivity index (χ0v) is 5.23. The van der Waals surface area contributed by atoms with Gasteiger partial charge in [0.15, 0.2) is 0 Å². The molecule has 0 spiro atoms. The Balaban J connectivity index is 2.73. The molecule has 1 fully saturated rings. The second-order valence-electron chi connectivity index (χ2n) is 2.27. The third-order valence-corrected chi connectivity index (χ3v) is 1.61. The highest BCUT2D eigenvalue weighted by atomic mass is 19.3. The Kier molecular flexibility index (Phi) is 1.60. The zero-order valence-electron chi connectivity index (χ0n) is 5.23. The van der Waals surface area contributed by atoms with Gasteiger partial charge in [0.1, 0.15) is 0 Å². The van der Waals surface area contributed by atoms with Crippen molar-refractivity contribution in [2.75, 3.05) is 13.1 Å². The quantitative estimate of drug-likeness (QED) is 0.520. The number of carbonyl (C=O) groups excluding carboxylic acids is 1. The second-order valence-corrected chi connectivity index (χ2v) is 2.27. The van der Waals surface area contributed by atoms with E-state index in [1.54, 1.807) is 0 Å². The summed E-state index contributed by atoms with van der Waals surface area (Å²) in [7, 11) is 0. The SMILES string of the molecule is NC[C@H]1CNC(=O)C1(F)F. The highest BCUT2D eigenvalue weighted by Gasteiger charge is 2.51. The molecule has 1 saturated heterocycles. The predicted molar refractivity (Wildman–Crippen MR) is 30.5 cm³/mol. The summed E-state index contributed by atoms with van der Waals surface area (Å²) in [5.74, 6) is -5.49. The largest absolute Gasteiger partial charge is 0.350 e. The van der Waals surface area contributed by atoms with Crippen molar-refractivity contribution in [3.8, 4) is 0 Å². The van der Waals surface area contributed by atoms with Gasteiger partial charge in [-0.1, -0.05) is 0 Å². The fourth-order valence-corrected chi connectivity index (χ4v) is 0.879. The van der Waals surface area contributed by atoms with Gasteiger partial charge in [0.25, 0.3) is 5.91 Å². The number of carbonyl (C=O) groups is 1. The van der Waals surface area contributed by atoms with Crippen molar-refractivity contribution < 1.29 is 13.6 Å². The van der Waals surface area contributed by atoms with Crippen LogP contribution in [0.1, 0.15) is 0 Å².